The molecule has 1 aliphatic heterocycles. The summed E-state index contributed by atoms with van der Waals surface area (Å²) in [6.45, 7) is 6.17. The molecule has 1 aliphatic rings. The van der Waals surface area contributed by atoms with E-state index in [1.807, 2.05) is 13.8 Å². The Morgan fingerprint density at radius 1 is 1.64 bits per heavy atom. The third kappa shape index (κ3) is 2.79. The minimum Gasteiger partial charge on any atom is -0.396 e. The highest BCUT2D eigenvalue weighted by Crippen LogP contribution is 2.21. The highest BCUT2D eigenvalue weighted by atomic mass is 16.3. The molecule has 14 heavy (non-hydrogen) atoms. The van der Waals surface area contributed by atoms with Gasteiger partial charge in [-0.3, -0.25) is 9.69 Å². The topological polar surface area (TPSA) is 40.5 Å². The number of carbonyl (C=O) groups is 1. The lowest BCUT2D eigenvalue weighted by molar-refractivity contribution is -0.123. The second-order valence-corrected chi connectivity index (χ2v) is 4.16. The van der Waals surface area contributed by atoms with Gasteiger partial charge in [-0.25, -0.2) is 0 Å². The number of Topliss-reactive ketones (excluding diaryl/α,β-unsaturated/α-hetero) is 1. The lowest BCUT2D eigenvalue weighted by Crippen LogP contribution is -2.37. The molecule has 1 heterocycles. The van der Waals surface area contributed by atoms with E-state index < -0.39 is 0 Å². The van der Waals surface area contributed by atoms with Gasteiger partial charge < -0.3 is 5.11 Å². The Morgan fingerprint density at radius 2 is 2.36 bits per heavy atom. The zero-order valence-electron chi connectivity index (χ0n) is 9.20. The molecule has 82 valence electrons. The number of nitrogens with zero attached hydrogens (tertiary/aromatic N) is 1. The maximum Gasteiger partial charge on any atom is 0.149 e. The average Bonchev–Trinajstić information content (AvgIpc) is 2.64. The normalized spacial score (nSPS) is 25.2. The first-order valence-corrected chi connectivity index (χ1v) is 5.56. The van der Waals surface area contributed by atoms with E-state index >= 15 is 0 Å². The van der Waals surface area contributed by atoms with Crippen LogP contribution in [0.4, 0.5) is 0 Å². The molecular weight excluding hydrogens is 178 g/mol. The van der Waals surface area contributed by atoms with Crippen LogP contribution in [0.25, 0.3) is 0 Å². The van der Waals surface area contributed by atoms with E-state index in [0.29, 0.717) is 18.1 Å². The fourth-order valence-electron chi connectivity index (χ4n) is 2.13. The summed E-state index contributed by atoms with van der Waals surface area (Å²) in [6.07, 6.45) is 2.63. The summed E-state index contributed by atoms with van der Waals surface area (Å²) in [5.74, 6) is 0.918. The van der Waals surface area contributed by atoms with E-state index in [4.69, 9.17) is 5.11 Å². The molecule has 0 amide bonds. The third-order valence-corrected chi connectivity index (χ3v) is 3.22. The summed E-state index contributed by atoms with van der Waals surface area (Å²) >= 11 is 0. The van der Waals surface area contributed by atoms with Crippen molar-refractivity contribution in [3.8, 4) is 0 Å². The van der Waals surface area contributed by atoms with Crippen LogP contribution < -0.4 is 0 Å². The highest BCUT2D eigenvalue weighted by Gasteiger charge is 2.28. The first kappa shape index (κ1) is 11.7. The van der Waals surface area contributed by atoms with Crippen molar-refractivity contribution in [3.63, 3.8) is 0 Å². The zero-order chi connectivity index (χ0) is 10.6. The molecule has 0 bridgehead atoms. The molecule has 3 nitrogen and oxygen atoms in total. The van der Waals surface area contributed by atoms with Crippen molar-refractivity contribution in [2.75, 3.05) is 19.7 Å². The number of hydrogen-bond donors (Lipinski definition) is 1. The number of likely N-dealkylation sites (tertiary alicyclic amines) is 1. The van der Waals surface area contributed by atoms with Gasteiger partial charge in [-0.05, 0) is 32.2 Å². The SMILES string of the molecule is CCC(=O)C(C)N1CCC(CCO)C1. The monoisotopic (exact) mass is 199 g/mol. The lowest BCUT2D eigenvalue weighted by Gasteiger charge is -2.22. The molecule has 0 spiro atoms. The van der Waals surface area contributed by atoms with Gasteiger partial charge in [-0.15, -0.1) is 0 Å². The second kappa shape index (κ2) is 5.47. The summed E-state index contributed by atoms with van der Waals surface area (Å²) in [5, 5.41) is 8.82. The number of aliphatic hydroxyl groups is 1. The largest absolute Gasteiger partial charge is 0.396 e. The Hall–Kier alpha value is -0.410. The first-order chi connectivity index (χ1) is 6.69. The Kier molecular flexibility index (Phi) is 4.55. The number of ketones is 1. The average molecular weight is 199 g/mol. The first-order valence-electron chi connectivity index (χ1n) is 5.56. The lowest BCUT2D eigenvalue weighted by atomic mass is 10.1. The maximum absolute atomic E-state index is 11.5. The molecule has 1 saturated heterocycles. The Bertz CT molecular complexity index is 194. The van der Waals surface area contributed by atoms with E-state index in [1.54, 1.807) is 0 Å². The van der Waals surface area contributed by atoms with E-state index in [1.165, 1.54) is 0 Å². The van der Waals surface area contributed by atoms with Crippen LogP contribution in [0, 0.1) is 5.92 Å². The van der Waals surface area contributed by atoms with Crippen LogP contribution in [-0.2, 0) is 4.79 Å². The molecule has 3 heteroatoms. The second-order valence-electron chi connectivity index (χ2n) is 4.16. The van der Waals surface area contributed by atoms with Gasteiger partial charge in [0, 0.05) is 19.6 Å². The molecule has 1 rings (SSSR count). The fraction of sp³-hybridized carbons (Fsp3) is 0.909. The quantitative estimate of drug-likeness (QED) is 0.719. The van der Waals surface area contributed by atoms with Crippen molar-refractivity contribution < 1.29 is 9.90 Å². The fourth-order valence-corrected chi connectivity index (χ4v) is 2.13. The number of rotatable bonds is 5. The summed E-state index contributed by atoms with van der Waals surface area (Å²) in [7, 11) is 0. The summed E-state index contributed by atoms with van der Waals surface area (Å²) < 4.78 is 0. The van der Waals surface area contributed by atoms with Gasteiger partial charge in [-0.1, -0.05) is 6.92 Å². The van der Waals surface area contributed by atoms with Gasteiger partial charge in [0.2, 0.25) is 0 Å². The summed E-state index contributed by atoms with van der Waals surface area (Å²) in [5.41, 5.74) is 0. The predicted octanol–water partition coefficient (Wildman–Crippen LogP) is 1.06. The summed E-state index contributed by atoms with van der Waals surface area (Å²) in [4.78, 5) is 13.7. The zero-order valence-corrected chi connectivity index (χ0v) is 9.20. The van der Waals surface area contributed by atoms with E-state index in [2.05, 4.69) is 4.90 Å². The van der Waals surface area contributed by atoms with Gasteiger partial charge in [-0.2, -0.15) is 0 Å². The number of aliphatic hydroxyl groups excluding tert-OH is 1. The molecule has 0 aliphatic carbocycles. The molecule has 0 radical (unpaired) electrons. The summed E-state index contributed by atoms with van der Waals surface area (Å²) in [6, 6.07) is 0.0729. The Labute approximate surface area is 86.1 Å². The molecule has 1 fully saturated rings. The van der Waals surface area contributed by atoms with E-state index in [0.717, 1.165) is 25.9 Å². The Balaban J connectivity index is 2.37. The molecule has 0 aromatic heterocycles. The van der Waals surface area contributed by atoms with Crippen molar-refractivity contribution >= 4 is 5.78 Å². The molecule has 0 aromatic carbocycles. The van der Waals surface area contributed by atoms with Gasteiger partial charge in [0.1, 0.15) is 5.78 Å². The standard InChI is InChI=1S/C11H21NO2/c1-3-11(14)9(2)12-6-4-10(8-12)5-7-13/h9-10,13H,3-8H2,1-2H3. The van der Waals surface area contributed by atoms with Crippen LogP contribution in [0.3, 0.4) is 0 Å². The molecule has 0 saturated carbocycles. The Morgan fingerprint density at radius 3 is 2.93 bits per heavy atom. The van der Waals surface area contributed by atoms with Crippen molar-refractivity contribution in [1.82, 2.24) is 4.90 Å². The smallest absolute Gasteiger partial charge is 0.149 e. The van der Waals surface area contributed by atoms with Gasteiger partial charge in [0.25, 0.3) is 0 Å². The van der Waals surface area contributed by atoms with Crippen LogP contribution in [0.2, 0.25) is 0 Å². The molecule has 0 aromatic rings. The maximum atomic E-state index is 11.5. The molecule has 2 unspecified atom stereocenters. The number of hydrogen-bond acceptors (Lipinski definition) is 3. The van der Waals surface area contributed by atoms with Crippen LogP contribution in [0.1, 0.15) is 33.1 Å². The van der Waals surface area contributed by atoms with Crippen LogP contribution in [0.5, 0.6) is 0 Å². The van der Waals surface area contributed by atoms with Crippen LogP contribution in [0.15, 0.2) is 0 Å². The molecule has 1 N–H and O–H groups in total. The van der Waals surface area contributed by atoms with Crippen molar-refractivity contribution in [2.45, 2.75) is 39.2 Å². The minimum absolute atomic E-state index is 0.0729. The highest BCUT2D eigenvalue weighted by molar-refractivity contribution is 5.83. The van der Waals surface area contributed by atoms with Gasteiger partial charge in [0.05, 0.1) is 6.04 Å². The third-order valence-electron chi connectivity index (χ3n) is 3.22. The van der Waals surface area contributed by atoms with Crippen molar-refractivity contribution in [1.29, 1.82) is 0 Å². The number of carbonyl (C=O) groups excluding carboxylic acids is 1. The van der Waals surface area contributed by atoms with E-state index in [-0.39, 0.29) is 12.6 Å². The van der Waals surface area contributed by atoms with Crippen molar-refractivity contribution in [3.05, 3.63) is 0 Å². The van der Waals surface area contributed by atoms with Crippen LogP contribution in [-0.4, -0.2) is 41.5 Å². The molecule has 2 atom stereocenters. The van der Waals surface area contributed by atoms with Gasteiger partial charge >= 0.3 is 0 Å². The van der Waals surface area contributed by atoms with Crippen LogP contribution >= 0.6 is 0 Å². The van der Waals surface area contributed by atoms with Crippen molar-refractivity contribution in [2.24, 2.45) is 5.92 Å². The predicted molar refractivity (Wildman–Crippen MR) is 56.1 cm³/mol. The minimum atomic E-state index is 0.0729. The molecular formula is C11H21NO2. The van der Waals surface area contributed by atoms with Gasteiger partial charge in [0.15, 0.2) is 0 Å². The van der Waals surface area contributed by atoms with E-state index in [9.17, 15) is 4.79 Å².